The van der Waals surface area contributed by atoms with Gasteiger partial charge in [-0.05, 0) is 59.1 Å². The Hall–Kier alpha value is -0.450. The number of aryl methyl sites for hydroxylation is 2. The Morgan fingerprint density at radius 3 is 2.28 bits per heavy atom. The highest BCUT2D eigenvalue weighted by molar-refractivity contribution is 9.10. The van der Waals surface area contributed by atoms with Crippen LogP contribution in [0.25, 0.3) is 0 Å². The predicted octanol–water partition coefficient (Wildman–Crippen LogP) is 5.32. The number of carbonyl (C=O) groups is 1. The lowest BCUT2D eigenvalue weighted by Crippen LogP contribution is -2.03. The molecule has 0 aliphatic heterocycles. The second-order valence-electron chi connectivity index (χ2n) is 4.26. The van der Waals surface area contributed by atoms with E-state index in [0.29, 0.717) is 6.42 Å². The highest BCUT2D eigenvalue weighted by atomic mass is 79.9. The SMILES string of the molecule is Cc1cc(C(=O)Cc2cc(Br)cs2)cc(C)c1Br. The quantitative estimate of drug-likeness (QED) is 0.651. The van der Waals surface area contributed by atoms with E-state index in [1.54, 1.807) is 11.3 Å². The average molecular weight is 388 g/mol. The number of Topliss-reactive ketones (excluding diaryl/α,β-unsaturated/α-hetero) is 1. The fraction of sp³-hybridized carbons (Fsp3) is 0.214. The maximum absolute atomic E-state index is 12.2. The summed E-state index contributed by atoms with van der Waals surface area (Å²) in [6, 6.07) is 5.89. The van der Waals surface area contributed by atoms with Crippen LogP contribution in [0.1, 0.15) is 26.4 Å². The van der Waals surface area contributed by atoms with Crippen molar-refractivity contribution in [2.24, 2.45) is 0 Å². The van der Waals surface area contributed by atoms with Crippen molar-refractivity contribution < 1.29 is 4.79 Å². The summed E-state index contributed by atoms with van der Waals surface area (Å²) in [6.07, 6.45) is 0.469. The molecule has 0 unspecified atom stereocenters. The Morgan fingerprint density at radius 2 is 1.78 bits per heavy atom. The van der Waals surface area contributed by atoms with Crippen molar-refractivity contribution in [2.45, 2.75) is 20.3 Å². The monoisotopic (exact) mass is 386 g/mol. The van der Waals surface area contributed by atoms with Gasteiger partial charge in [-0.3, -0.25) is 4.79 Å². The van der Waals surface area contributed by atoms with Crippen LogP contribution in [0.3, 0.4) is 0 Å². The Labute approximate surface area is 127 Å². The van der Waals surface area contributed by atoms with E-state index in [-0.39, 0.29) is 5.78 Å². The molecule has 0 amide bonds. The van der Waals surface area contributed by atoms with Crippen molar-refractivity contribution in [3.63, 3.8) is 0 Å². The number of hydrogen-bond acceptors (Lipinski definition) is 2. The maximum Gasteiger partial charge on any atom is 0.168 e. The molecule has 18 heavy (non-hydrogen) atoms. The Bertz CT molecular complexity index is 579. The van der Waals surface area contributed by atoms with Gasteiger partial charge < -0.3 is 0 Å². The Morgan fingerprint density at radius 1 is 1.17 bits per heavy atom. The number of carbonyl (C=O) groups excluding carboxylic acids is 1. The molecule has 1 aromatic heterocycles. The largest absolute Gasteiger partial charge is 0.294 e. The fourth-order valence-electron chi connectivity index (χ4n) is 1.81. The molecule has 0 aliphatic rings. The van der Waals surface area contributed by atoms with Crippen LogP contribution in [-0.2, 0) is 6.42 Å². The number of halogens is 2. The van der Waals surface area contributed by atoms with Gasteiger partial charge in [-0.25, -0.2) is 0 Å². The van der Waals surface area contributed by atoms with Gasteiger partial charge in [0.05, 0.1) is 0 Å². The van der Waals surface area contributed by atoms with Crippen LogP contribution in [-0.4, -0.2) is 5.78 Å². The second-order valence-corrected chi connectivity index (χ2v) is 6.96. The minimum atomic E-state index is 0.169. The molecule has 0 atom stereocenters. The van der Waals surface area contributed by atoms with E-state index >= 15 is 0 Å². The number of hydrogen-bond donors (Lipinski definition) is 0. The van der Waals surface area contributed by atoms with Gasteiger partial charge in [-0.15, -0.1) is 11.3 Å². The summed E-state index contributed by atoms with van der Waals surface area (Å²) in [5, 5.41) is 2.00. The molecule has 0 bridgehead atoms. The topological polar surface area (TPSA) is 17.1 Å². The summed E-state index contributed by atoms with van der Waals surface area (Å²) in [7, 11) is 0. The number of rotatable bonds is 3. The molecule has 1 aromatic carbocycles. The first-order chi connectivity index (χ1) is 8.47. The molecule has 4 heteroatoms. The van der Waals surface area contributed by atoms with Gasteiger partial charge in [0.2, 0.25) is 0 Å². The van der Waals surface area contributed by atoms with Crippen molar-refractivity contribution in [3.05, 3.63) is 54.1 Å². The van der Waals surface area contributed by atoms with Gasteiger partial charge in [0.25, 0.3) is 0 Å². The van der Waals surface area contributed by atoms with E-state index in [4.69, 9.17) is 0 Å². The summed E-state index contributed by atoms with van der Waals surface area (Å²) < 4.78 is 2.12. The fourth-order valence-corrected chi connectivity index (χ4v) is 3.49. The molecule has 0 N–H and O–H groups in total. The van der Waals surface area contributed by atoms with E-state index in [2.05, 4.69) is 31.9 Å². The van der Waals surface area contributed by atoms with Crippen LogP contribution in [0.15, 0.2) is 32.5 Å². The minimum absolute atomic E-state index is 0.169. The molecule has 0 saturated carbocycles. The number of thiophene rings is 1. The summed E-state index contributed by atoms with van der Waals surface area (Å²) in [4.78, 5) is 13.3. The van der Waals surface area contributed by atoms with Gasteiger partial charge in [-0.2, -0.15) is 0 Å². The molecule has 0 fully saturated rings. The highest BCUT2D eigenvalue weighted by Crippen LogP contribution is 2.25. The summed E-state index contributed by atoms with van der Waals surface area (Å²) in [5.74, 6) is 0.169. The van der Waals surface area contributed by atoms with Gasteiger partial charge in [0.1, 0.15) is 0 Å². The zero-order valence-corrected chi connectivity index (χ0v) is 14.1. The number of ketones is 1. The third-order valence-electron chi connectivity index (χ3n) is 2.71. The first kappa shape index (κ1) is 14.0. The predicted molar refractivity (Wildman–Crippen MR) is 83.7 cm³/mol. The Balaban J connectivity index is 2.24. The molecule has 2 rings (SSSR count). The zero-order valence-electron chi connectivity index (χ0n) is 10.1. The molecule has 94 valence electrons. The molecule has 1 nitrogen and oxygen atoms in total. The van der Waals surface area contributed by atoms with E-state index < -0.39 is 0 Å². The molecular weight excluding hydrogens is 376 g/mol. The van der Waals surface area contributed by atoms with Gasteiger partial charge in [0, 0.05) is 31.2 Å². The molecule has 0 spiro atoms. The van der Waals surface area contributed by atoms with Crippen molar-refractivity contribution in [3.8, 4) is 0 Å². The smallest absolute Gasteiger partial charge is 0.168 e. The summed E-state index contributed by atoms with van der Waals surface area (Å²) >= 11 is 8.53. The first-order valence-electron chi connectivity index (χ1n) is 5.50. The maximum atomic E-state index is 12.2. The molecule has 0 radical (unpaired) electrons. The zero-order chi connectivity index (χ0) is 13.3. The normalized spacial score (nSPS) is 10.7. The van der Waals surface area contributed by atoms with Crippen molar-refractivity contribution in [2.75, 3.05) is 0 Å². The van der Waals surface area contributed by atoms with E-state index in [1.807, 2.05) is 37.4 Å². The molecule has 0 saturated heterocycles. The van der Waals surface area contributed by atoms with E-state index in [1.165, 1.54) is 0 Å². The molecule has 2 aromatic rings. The van der Waals surface area contributed by atoms with Gasteiger partial charge in [-0.1, -0.05) is 15.9 Å². The molecule has 0 aliphatic carbocycles. The van der Waals surface area contributed by atoms with E-state index in [0.717, 1.165) is 30.5 Å². The van der Waals surface area contributed by atoms with Crippen LogP contribution >= 0.6 is 43.2 Å². The molecular formula is C14H12Br2OS. The van der Waals surface area contributed by atoms with Crippen LogP contribution in [0.4, 0.5) is 0 Å². The number of benzene rings is 1. The van der Waals surface area contributed by atoms with Crippen molar-refractivity contribution >= 4 is 49.0 Å². The van der Waals surface area contributed by atoms with Gasteiger partial charge >= 0.3 is 0 Å². The van der Waals surface area contributed by atoms with Crippen LogP contribution in [0, 0.1) is 13.8 Å². The summed E-state index contributed by atoms with van der Waals surface area (Å²) in [6.45, 7) is 4.02. The minimum Gasteiger partial charge on any atom is -0.294 e. The van der Waals surface area contributed by atoms with Crippen molar-refractivity contribution in [1.29, 1.82) is 0 Å². The van der Waals surface area contributed by atoms with E-state index in [9.17, 15) is 4.79 Å². The lowest BCUT2D eigenvalue weighted by molar-refractivity contribution is 0.0993. The van der Waals surface area contributed by atoms with Crippen LogP contribution in [0.2, 0.25) is 0 Å². The van der Waals surface area contributed by atoms with Gasteiger partial charge in [0.15, 0.2) is 5.78 Å². The third kappa shape index (κ3) is 3.11. The lowest BCUT2D eigenvalue weighted by Gasteiger charge is -2.06. The first-order valence-corrected chi connectivity index (χ1v) is 7.97. The lowest BCUT2D eigenvalue weighted by atomic mass is 10.0. The molecule has 1 heterocycles. The second kappa shape index (κ2) is 5.68. The third-order valence-corrected chi connectivity index (χ3v) is 5.66. The Kier molecular flexibility index (Phi) is 4.41. The summed E-state index contributed by atoms with van der Waals surface area (Å²) in [5.41, 5.74) is 2.99. The average Bonchev–Trinajstić information content (AvgIpc) is 2.71. The van der Waals surface area contributed by atoms with Crippen molar-refractivity contribution in [1.82, 2.24) is 0 Å². The highest BCUT2D eigenvalue weighted by Gasteiger charge is 2.11. The van der Waals surface area contributed by atoms with Crippen LogP contribution in [0.5, 0.6) is 0 Å². The standard InChI is InChI=1S/C14H12Br2OS/c1-8-3-10(4-9(2)14(8)16)13(17)6-12-5-11(15)7-18-12/h3-5,7H,6H2,1-2H3. The van der Waals surface area contributed by atoms with Crippen LogP contribution < -0.4 is 0 Å².